The molecule has 49 heavy (non-hydrogen) atoms. The summed E-state index contributed by atoms with van der Waals surface area (Å²) >= 11 is 0. The topological polar surface area (TPSA) is 197 Å². The molecule has 0 atom stereocenters. The third-order valence-electron chi connectivity index (χ3n) is 9.27. The number of amides is 2. The second-order valence-corrected chi connectivity index (χ2v) is 21.8. The van der Waals surface area contributed by atoms with Gasteiger partial charge in [-0.05, 0) is 60.3 Å². The van der Waals surface area contributed by atoms with Crippen molar-refractivity contribution in [2.45, 2.75) is 132 Å². The van der Waals surface area contributed by atoms with E-state index in [-0.39, 0.29) is 22.5 Å². The van der Waals surface area contributed by atoms with Crippen molar-refractivity contribution in [2.24, 2.45) is 0 Å². The van der Waals surface area contributed by atoms with Crippen LogP contribution in [0.25, 0.3) is 0 Å². The van der Waals surface area contributed by atoms with Crippen molar-refractivity contribution >= 4 is 43.1 Å². The molecular weight excluding hydrogens is 677 g/mol. The minimum absolute atomic E-state index is 0.218. The van der Waals surface area contributed by atoms with E-state index in [2.05, 4.69) is 20.9 Å². The molecule has 278 valence electrons. The van der Waals surface area contributed by atoms with Gasteiger partial charge in [-0.15, -0.1) is 0 Å². The molecule has 0 saturated carbocycles. The average Bonchev–Trinajstić information content (AvgIpc) is 3.68. The van der Waals surface area contributed by atoms with E-state index >= 15 is 0 Å². The molecule has 0 aliphatic carbocycles. The van der Waals surface area contributed by atoms with Crippen molar-refractivity contribution in [1.82, 2.24) is 10.3 Å². The fourth-order valence-corrected chi connectivity index (χ4v) is 9.44. The van der Waals surface area contributed by atoms with Gasteiger partial charge in [0.05, 0.1) is 10.00 Å². The molecule has 4 heterocycles. The fraction of sp³-hybridized carbons (Fsp3) is 0.758. The summed E-state index contributed by atoms with van der Waals surface area (Å²) in [5.74, 6) is 0.440. The normalized spacial score (nSPS) is 18.3. The summed E-state index contributed by atoms with van der Waals surface area (Å²) in [6.45, 7) is 20.7. The average molecular weight is 731 g/mol. The first kappa shape index (κ1) is 40.6. The van der Waals surface area contributed by atoms with Crippen LogP contribution in [0.3, 0.4) is 0 Å². The number of ether oxygens (including phenoxy) is 2. The van der Waals surface area contributed by atoms with Gasteiger partial charge in [0.25, 0.3) is 0 Å². The van der Waals surface area contributed by atoms with Crippen molar-refractivity contribution in [2.75, 3.05) is 37.1 Å². The molecule has 2 fully saturated rings. The number of hydrogen-bond donors (Lipinski definition) is 2. The molecule has 0 bridgehead atoms. The molecule has 14 nitrogen and oxygen atoms in total. The SMILES string of the molecule is CC(C)(C)c1cc(NC(=O)C(C)(C)S(=O)(=O)C2(C)CCOCC2)no1.CC(C)(C)c1cc(NC(=O)C(C)(C)S(=O)(=O)C2CCOCC2)no1. The highest BCUT2D eigenvalue weighted by atomic mass is 32.2. The molecule has 16 heteroatoms. The Labute approximate surface area is 290 Å². The number of nitrogens with zero attached hydrogens (tertiary/aromatic N) is 2. The highest BCUT2D eigenvalue weighted by molar-refractivity contribution is 7.95. The Balaban J connectivity index is 0.000000266. The van der Waals surface area contributed by atoms with Gasteiger partial charge < -0.3 is 29.2 Å². The van der Waals surface area contributed by atoms with Crippen LogP contribution in [0.1, 0.15) is 113 Å². The highest BCUT2D eigenvalue weighted by Crippen LogP contribution is 2.38. The number of sulfone groups is 2. The zero-order chi connectivity index (χ0) is 37.3. The summed E-state index contributed by atoms with van der Waals surface area (Å²) in [5.41, 5.74) is -0.507. The minimum atomic E-state index is -3.75. The first-order valence-corrected chi connectivity index (χ1v) is 19.5. The maximum atomic E-state index is 13.2. The molecule has 0 radical (unpaired) electrons. The Kier molecular flexibility index (Phi) is 12.0. The van der Waals surface area contributed by atoms with E-state index < -0.39 is 51.0 Å². The van der Waals surface area contributed by atoms with Gasteiger partial charge in [-0.3, -0.25) is 9.59 Å². The van der Waals surface area contributed by atoms with Gasteiger partial charge in [0.1, 0.15) is 21.0 Å². The lowest BCUT2D eigenvalue weighted by Crippen LogP contribution is -2.55. The molecule has 2 aliphatic heterocycles. The number of carbonyl (C=O) groups is 2. The Bertz CT molecular complexity index is 1680. The lowest BCUT2D eigenvalue weighted by atomic mass is 9.93. The number of nitrogens with one attached hydrogen (secondary N) is 2. The monoisotopic (exact) mass is 730 g/mol. The van der Waals surface area contributed by atoms with Crippen molar-refractivity contribution in [3.8, 4) is 0 Å². The number of carbonyl (C=O) groups excluding carboxylic acids is 2. The summed E-state index contributed by atoms with van der Waals surface area (Å²) in [5, 5.41) is 12.2. The zero-order valence-corrected chi connectivity index (χ0v) is 32.3. The highest BCUT2D eigenvalue weighted by Gasteiger charge is 2.53. The van der Waals surface area contributed by atoms with Crippen LogP contribution in [0, 0.1) is 0 Å². The summed E-state index contributed by atoms with van der Waals surface area (Å²) in [7, 11) is -7.41. The predicted molar refractivity (Wildman–Crippen MR) is 186 cm³/mol. The van der Waals surface area contributed by atoms with Crippen LogP contribution in [0.4, 0.5) is 11.6 Å². The summed E-state index contributed by atoms with van der Waals surface area (Å²) in [6, 6.07) is 3.24. The van der Waals surface area contributed by atoms with Gasteiger partial charge >= 0.3 is 0 Å². The molecule has 2 amide bonds. The Morgan fingerprint density at radius 2 is 1.08 bits per heavy atom. The quantitative estimate of drug-likeness (QED) is 0.371. The number of aromatic nitrogens is 2. The van der Waals surface area contributed by atoms with E-state index in [9.17, 15) is 26.4 Å². The number of anilines is 2. The first-order chi connectivity index (χ1) is 22.3. The maximum absolute atomic E-state index is 13.2. The van der Waals surface area contributed by atoms with Gasteiger partial charge in [-0.1, -0.05) is 51.9 Å². The van der Waals surface area contributed by atoms with Crippen molar-refractivity contribution in [3.05, 3.63) is 23.7 Å². The first-order valence-electron chi connectivity index (χ1n) is 16.5. The van der Waals surface area contributed by atoms with Gasteiger partial charge in [-0.2, -0.15) is 0 Å². The van der Waals surface area contributed by atoms with Gasteiger partial charge in [-0.25, -0.2) is 16.8 Å². The van der Waals surface area contributed by atoms with Crippen LogP contribution in [0.5, 0.6) is 0 Å². The Hall–Kier alpha value is -2.82. The third kappa shape index (κ3) is 8.74. The molecule has 2 aromatic heterocycles. The van der Waals surface area contributed by atoms with E-state index in [4.69, 9.17) is 18.5 Å². The smallest absolute Gasteiger partial charge is 0.246 e. The van der Waals surface area contributed by atoms with Crippen LogP contribution in [0.15, 0.2) is 21.2 Å². The molecule has 2 aromatic rings. The molecule has 0 spiro atoms. The Morgan fingerprint density at radius 3 is 1.47 bits per heavy atom. The molecule has 0 unspecified atom stereocenters. The zero-order valence-electron chi connectivity index (χ0n) is 30.7. The van der Waals surface area contributed by atoms with Crippen LogP contribution in [0.2, 0.25) is 0 Å². The minimum Gasteiger partial charge on any atom is -0.381 e. The lowest BCUT2D eigenvalue weighted by Gasteiger charge is -2.38. The van der Waals surface area contributed by atoms with Crippen LogP contribution >= 0.6 is 0 Å². The van der Waals surface area contributed by atoms with Gasteiger partial charge in [0.2, 0.25) is 11.8 Å². The Morgan fingerprint density at radius 1 is 0.694 bits per heavy atom. The largest absolute Gasteiger partial charge is 0.381 e. The molecule has 2 saturated heterocycles. The molecular formula is C33H54N4O10S2. The van der Waals surface area contributed by atoms with Gasteiger partial charge in [0.15, 0.2) is 31.3 Å². The van der Waals surface area contributed by atoms with Crippen molar-refractivity contribution in [3.63, 3.8) is 0 Å². The van der Waals surface area contributed by atoms with Crippen LogP contribution in [-0.2, 0) is 49.6 Å². The molecule has 4 rings (SSSR count). The standard InChI is InChI=1S/C17H28N2O5S.C16H26N2O5S/c1-15(2,3)12-11-13(19-24-12)18-14(20)16(4,5)25(21,22)17(6)7-9-23-10-8-17;1-15(2,3)12-10-13(18-23-12)17-14(19)16(4,5)24(20,21)11-6-8-22-9-7-11/h11H,7-10H2,1-6H3,(H,18,19,20);10-11H,6-9H2,1-5H3,(H,17,18,19). The van der Waals surface area contributed by atoms with E-state index in [0.717, 1.165) is 0 Å². The molecule has 0 aromatic carbocycles. The summed E-state index contributed by atoms with van der Waals surface area (Å²) < 4.78 is 68.8. The van der Waals surface area contributed by atoms with Crippen molar-refractivity contribution < 1.29 is 44.9 Å². The van der Waals surface area contributed by atoms with E-state index in [1.807, 2.05) is 41.5 Å². The summed E-state index contributed by atoms with van der Waals surface area (Å²) in [4.78, 5) is 25.3. The molecule has 2 N–H and O–H groups in total. The van der Waals surface area contributed by atoms with E-state index in [0.29, 0.717) is 63.6 Å². The fourth-order valence-electron chi connectivity index (χ4n) is 5.25. The second kappa shape index (κ2) is 14.4. The van der Waals surface area contributed by atoms with E-state index in [1.165, 1.54) is 27.7 Å². The number of rotatable bonds is 8. The van der Waals surface area contributed by atoms with E-state index in [1.54, 1.807) is 19.1 Å². The van der Waals surface area contributed by atoms with Gasteiger partial charge in [0, 0.05) is 49.4 Å². The number of hydrogen-bond acceptors (Lipinski definition) is 12. The van der Waals surface area contributed by atoms with Crippen molar-refractivity contribution in [1.29, 1.82) is 0 Å². The maximum Gasteiger partial charge on any atom is 0.246 e. The summed E-state index contributed by atoms with van der Waals surface area (Å²) in [6.07, 6.45) is 1.59. The second-order valence-electron chi connectivity index (χ2n) is 16.0. The van der Waals surface area contributed by atoms with Crippen LogP contribution in [-0.4, -0.2) is 84.9 Å². The van der Waals surface area contributed by atoms with Crippen LogP contribution < -0.4 is 10.6 Å². The molecule has 2 aliphatic rings. The lowest BCUT2D eigenvalue weighted by molar-refractivity contribution is -0.118. The third-order valence-corrected chi connectivity index (χ3v) is 15.5. The predicted octanol–water partition coefficient (Wildman–Crippen LogP) is 4.96.